The molecule has 0 aliphatic rings. The molecule has 1 heterocycles. The van der Waals surface area contributed by atoms with Crippen LogP contribution in [0.2, 0.25) is 0 Å². The maximum absolute atomic E-state index is 5.92. The van der Waals surface area contributed by atoms with Crippen molar-refractivity contribution in [3.8, 4) is 0 Å². The number of thioether (sulfide) groups is 1. The number of alkyl halides is 1. The maximum atomic E-state index is 5.92. The molecule has 0 aliphatic carbocycles. The smallest absolute Gasteiger partial charge is 0.0726 e. The Morgan fingerprint density at radius 1 is 1.33 bits per heavy atom. The first-order chi connectivity index (χ1) is 8.76. The SMILES string of the molecule is CSCCN(C)c1cc(CCl)nc2ccccc12. The van der Waals surface area contributed by atoms with Crippen LogP contribution in [0, 0.1) is 0 Å². The van der Waals surface area contributed by atoms with Crippen molar-refractivity contribution in [3.63, 3.8) is 0 Å². The number of hydrogen-bond acceptors (Lipinski definition) is 3. The van der Waals surface area contributed by atoms with Crippen LogP contribution in [-0.2, 0) is 5.88 Å². The van der Waals surface area contributed by atoms with Crippen molar-refractivity contribution in [1.29, 1.82) is 0 Å². The van der Waals surface area contributed by atoms with Crippen LogP contribution >= 0.6 is 23.4 Å². The Balaban J connectivity index is 2.46. The van der Waals surface area contributed by atoms with E-state index in [0.717, 1.165) is 23.5 Å². The molecule has 2 rings (SSSR count). The Kier molecular flexibility index (Phi) is 4.72. The van der Waals surface area contributed by atoms with Crippen molar-refractivity contribution in [3.05, 3.63) is 36.0 Å². The fourth-order valence-corrected chi connectivity index (χ4v) is 2.54. The standard InChI is InChI=1S/C14H17ClN2S/c1-17(7-8-18-2)14-9-11(10-15)16-13-6-4-3-5-12(13)14/h3-6,9H,7-8,10H2,1-2H3. The molecule has 0 N–H and O–H groups in total. The minimum absolute atomic E-state index is 0.453. The monoisotopic (exact) mass is 280 g/mol. The van der Waals surface area contributed by atoms with Crippen molar-refractivity contribution in [2.24, 2.45) is 0 Å². The molecular formula is C14H17ClN2S. The van der Waals surface area contributed by atoms with E-state index < -0.39 is 0 Å². The summed E-state index contributed by atoms with van der Waals surface area (Å²) in [7, 11) is 2.12. The molecule has 2 nitrogen and oxygen atoms in total. The molecule has 0 saturated heterocycles. The van der Waals surface area contributed by atoms with E-state index >= 15 is 0 Å². The summed E-state index contributed by atoms with van der Waals surface area (Å²) >= 11 is 7.78. The van der Waals surface area contributed by atoms with Crippen molar-refractivity contribution >= 4 is 40.0 Å². The number of benzene rings is 1. The van der Waals surface area contributed by atoms with Crippen LogP contribution in [0.1, 0.15) is 5.69 Å². The average Bonchev–Trinajstić information content (AvgIpc) is 2.43. The Labute approximate surface area is 117 Å². The second-order valence-corrected chi connectivity index (χ2v) is 5.45. The number of nitrogens with zero attached hydrogens (tertiary/aromatic N) is 2. The van der Waals surface area contributed by atoms with Crippen LogP contribution < -0.4 is 4.90 Å². The average molecular weight is 281 g/mol. The highest BCUT2D eigenvalue weighted by atomic mass is 35.5. The molecule has 0 atom stereocenters. The fourth-order valence-electron chi connectivity index (χ4n) is 1.94. The van der Waals surface area contributed by atoms with Gasteiger partial charge in [0.1, 0.15) is 0 Å². The molecule has 2 aromatic rings. The van der Waals surface area contributed by atoms with E-state index in [0.29, 0.717) is 5.88 Å². The molecule has 1 aromatic carbocycles. The number of para-hydroxylation sites is 1. The van der Waals surface area contributed by atoms with E-state index in [9.17, 15) is 0 Å². The third kappa shape index (κ3) is 2.90. The van der Waals surface area contributed by atoms with Gasteiger partial charge in [0, 0.05) is 30.4 Å². The molecular weight excluding hydrogens is 264 g/mol. The molecule has 96 valence electrons. The van der Waals surface area contributed by atoms with Gasteiger partial charge in [-0.1, -0.05) is 18.2 Å². The summed E-state index contributed by atoms with van der Waals surface area (Å²) in [4.78, 5) is 6.83. The van der Waals surface area contributed by atoms with E-state index in [-0.39, 0.29) is 0 Å². The Bertz CT molecular complexity index is 530. The predicted molar refractivity (Wildman–Crippen MR) is 83.0 cm³/mol. The van der Waals surface area contributed by atoms with Crippen LogP contribution in [0.4, 0.5) is 5.69 Å². The first-order valence-corrected chi connectivity index (χ1v) is 7.84. The van der Waals surface area contributed by atoms with Gasteiger partial charge >= 0.3 is 0 Å². The summed E-state index contributed by atoms with van der Waals surface area (Å²) in [5, 5.41) is 1.19. The summed E-state index contributed by atoms with van der Waals surface area (Å²) in [5.41, 5.74) is 3.16. The lowest BCUT2D eigenvalue weighted by atomic mass is 10.1. The number of aromatic nitrogens is 1. The van der Waals surface area contributed by atoms with Gasteiger partial charge < -0.3 is 4.90 Å². The molecule has 0 amide bonds. The Morgan fingerprint density at radius 2 is 2.11 bits per heavy atom. The quantitative estimate of drug-likeness (QED) is 0.776. The van der Waals surface area contributed by atoms with Gasteiger partial charge in [-0.3, -0.25) is 4.98 Å². The first-order valence-electron chi connectivity index (χ1n) is 5.91. The van der Waals surface area contributed by atoms with Gasteiger partial charge in [-0.2, -0.15) is 11.8 Å². The maximum Gasteiger partial charge on any atom is 0.0726 e. The molecule has 0 bridgehead atoms. The van der Waals surface area contributed by atoms with Gasteiger partial charge in [-0.05, 0) is 18.4 Å². The highest BCUT2D eigenvalue weighted by Crippen LogP contribution is 2.26. The summed E-state index contributed by atoms with van der Waals surface area (Å²) in [6, 6.07) is 10.3. The number of pyridine rings is 1. The lowest BCUT2D eigenvalue weighted by molar-refractivity contribution is 0.979. The van der Waals surface area contributed by atoms with Crippen LogP contribution in [0.3, 0.4) is 0 Å². The van der Waals surface area contributed by atoms with Crippen molar-refractivity contribution in [2.75, 3.05) is 30.5 Å². The molecule has 4 heteroatoms. The van der Waals surface area contributed by atoms with Gasteiger partial charge in [-0.15, -0.1) is 11.6 Å². The zero-order valence-corrected chi connectivity index (χ0v) is 12.3. The van der Waals surface area contributed by atoms with E-state index in [1.54, 1.807) is 0 Å². The largest absolute Gasteiger partial charge is 0.373 e. The lowest BCUT2D eigenvalue weighted by Crippen LogP contribution is -2.20. The van der Waals surface area contributed by atoms with Gasteiger partial charge in [0.15, 0.2) is 0 Å². The van der Waals surface area contributed by atoms with Crippen LogP contribution in [-0.4, -0.2) is 30.6 Å². The molecule has 1 aromatic heterocycles. The van der Waals surface area contributed by atoms with Gasteiger partial charge in [0.25, 0.3) is 0 Å². The van der Waals surface area contributed by atoms with E-state index in [1.165, 1.54) is 11.1 Å². The summed E-state index contributed by atoms with van der Waals surface area (Å²) in [5.74, 6) is 1.57. The molecule has 0 saturated carbocycles. The van der Waals surface area contributed by atoms with E-state index in [1.807, 2.05) is 23.9 Å². The third-order valence-electron chi connectivity index (χ3n) is 2.93. The molecule has 0 aliphatic heterocycles. The van der Waals surface area contributed by atoms with Gasteiger partial charge in [-0.25, -0.2) is 0 Å². The summed E-state index contributed by atoms with van der Waals surface area (Å²) in [6.45, 7) is 1.02. The third-order valence-corrected chi connectivity index (χ3v) is 3.79. The first kappa shape index (κ1) is 13.5. The minimum atomic E-state index is 0.453. The van der Waals surface area contributed by atoms with E-state index in [2.05, 4.69) is 41.4 Å². The van der Waals surface area contributed by atoms with E-state index in [4.69, 9.17) is 11.6 Å². The van der Waals surface area contributed by atoms with Crippen molar-refractivity contribution < 1.29 is 0 Å². The number of rotatable bonds is 5. The van der Waals surface area contributed by atoms with Gasteiger partial charge in [0.2, 0.25) is 0 Å². The highest BCUT2D eigenvalue weighted by Gasteiger charge is 2.08. The topological polar surface area (TPSA) is 16.1 Å². The predicted octanol–water partition coefficient (Wildman–Crippen LogP) is 3.77. The Hall–Kier alpha value is -0.930. The van der Waals surface area contributed by atoms with Crippen LogP contribution in [0.25, 0.3) is 10.9 Å². The minimum Gasteiger partial charge on any atom is -0.373 e. The highest BCUT2D eigenvalue weighted by molar-refractivity contribution is 7.98. The van der Waals surface area contributed by atoms with Crippen LogP contribution in [0.15, 0.2) is 30.3 Å². The molecule has 0 spiro atoms. The number of hydrogen-bond donors (Lipinski definition) is 0. The number of anilines is 1. The normalized spacial score (nSPS) is 10.8. The number of halogens is 1. The summed E-state index contributed by atoms with van der Waals surface area (Å²) in [6.07, 6.45) is 2.13. The molecule has 0 unspecified atom stereocenters. The Morgan fingerprint density at radius 3 is 2.83 bits per heavy atom. The summed E-state index contributed by atoms with van der Waals surface area (Å²) < 4.78 is 0. The van der Waals surface area contributed by atoms with Crippen molar-refractivity contribution in [1.82, 2.24) is 4.98 Å². The molecule has 18 heavy (non-hydrogen) atoms. The second kappa shape index (κ2) is 6.30. The zero-order chi connectivity index (χ0) is 13.0. The van der Waals surface area contributed by atoms with Crippen LogP contribution in [0.5, 0.6) is 0 Å². The second-order valence-electron chi connectivity index (χ2n) is 4.20. The lowest BCUT2D eigenvalue weighted by Gasteiger charge is -2.21. The number of fused-ring (bicyclic) bond motifs is 1. The molecule has 0 fully saturated rings. The fraction of sp³-hybridized carbons (Fsp3) is 0.357. The molecule has 0 radical (unpaired) electrons. The van der Waals surface area contributed by atoms with Gasteiger partial charge in [0.05, 0.1) is 17.1 Å². The van der Waals surface area contributed by atoms with Crippen molar-refractivity contribution in [2.45, 2.75) is 5.88 Å². The zero-order valence-electron chi connectivity index (χ0n) is 10.7.